The Labute approximate surface area is 532 Å². The summed E-state index contributed by atoms with van der Waals surface area (Å²) in [5, 5.41) is 10.0. The molecule has 0 bridgehead atoms. The summed E-state index contributed by atoms with van der Waals surface area (Å²) in [7, 11) is 0. The Balaban J connectivity index is 1.08. The Morgan fingerprint density at radius 2 is 0.820 bits per heavy atom. The second-order valence-electron chi connectivity index (χ2n) is 30.2. The van der Waals surface area contributed by atoms with Gasteiger partial charge in [0.25, 0.3) is 0 Å². The Kier molecular flexibility index (Phi) is 17.9. The first-order valence-electron chi connectivity index (χ1n) is 34.9. The molecule has 0 saturated heterocycles. The van der Waals surface area contributed by atoms with Crippen LogP contribution in [0.4, 0.5) is 8.63 Å². The molecule has 12 rings (SSSR count). The number of allylic oxidation sites excluding steroid dienone is 2. The molecule has 89 heavy (non-hydrogen) atoms. The lowest BCUT2D eigenvalue weighted by Crippen LogP contribution is -2.51. The van der Waals surface area contributed by atoms with Crippen LogP contribution in [-0.4, -0.2) is 26.2 Å². The first-order chi connectivity index (χ1) is 42.8. The molecule has 8 aromatic carbocycles. The first kappa shape index (κ1) is 62.4. The van der Waals surface area contributed by atoms with Gasteiger partial charge < -0.3 is 22.2 Å². The highest BCUT2D eigenvalue weighted by atomic mass is 19.2. The molecule has 0 aliphatic carbocycles. The smallest absolute Gasteiger partial charge is 0.389 e. The van der Waals surface area contributed by atoms with Crippen LogP contribution in [0, 0.1) is 5.92 Å². The quantitative estimate of drug-likeness (QED) is 0.0222. The molecular formula is C83H100BF2N3. The van der Waals surface area contributed by atoms with Gasteiger partial charge in [0.1, 0.15) is 0 Å². The molecule has 0 amide bonds. The lowest BCUT2D eigenvalue weighted by molar-refractivity contribution is -0.360. The van der Waals surface area contributed by atoms with Crippen LogP contribution in [0.1, 0.15) is 238 Å². The average Bonchev–Trinajstić information content (AvgIpc) is 1.59. The SMILES string of the molecule is CCCCCCCCCCCCC(CCCCCCCCCC)Cn1c2cc(C3=C4C=CC(c5ccc(C(C)(C)C)cc5)=[N+]4[B-](F)(F)n4c3ccc4-c3ccc(C(C)(C)C)cc3)c3cccc4c5cccc6c(-c7ccc(C(C)(C)C)cc7)cc1c(c65)c2c34. The summed E-state index contributed by atoms with van der Waals surface area (Å²) in [6, 6.07) is 48.8. The largest absolute Gasteiger partial charge is 0.737 e. The number of rotatable bonds is 26. The molecule has 0 saturated carbocycles. The Bertz CT molecular complexity index is 4200. The van der Waals surface area contributed by atoms with Crippen molar-refractivity contribution in [3.05, 3.63) is 185 Å². The van der Waals surface area contributed by atoms with Crippen molar-refractivity contribution in [3.63, 3.8) is 0 Å². The molecule has 2 aliphatic rings. The van der Waals surface area contributed by atoms with Crippen LogP contribution in [0.3, 0.4) is 0 Å². The van der Waals surface area contributed by atoms with E-state index in [2.05, 4.69) is 202 Å². The van der Waals surface area contributed by atoms with Crippen molar-refractivity contribution in [2.75, 3.05) is 0 Å². The minimum atomic E-state index is -4.42. The van der Waals surface area contributed by atoms with Crippen LogP contribution in [0.15, 0.2) is 151 Å². The highest BCUT2D eigenvalue weighted by molar-refractivity contribution is 6.59. The van der Waals surface area contributed by atoms with Crippen molar-refractivity contribution < 1.29 is 13.1 Å². The standard InChI is InChI=1S/C83H100BF2N3/c1-12-14-16-18-20-22-23-25-27-29-33-57(32-28-26-24-21-19-17-15-13-2)56-87-74-54-68(58-38-44-61(45-39-58)81(3,4)5)66-36-30-34-64-65-35-31-37-67-69(55-75(87)80(77(65)67)79(74)76(64)66)78-72-52-50-70(59-40-46-62(47-41-59)82(6,7)8)88(72)84(85,86)89-71(51-53-73(78)89)60-42-48-63(49-43-60)83(9,10)11/h30-31,34-55,57H,12-29,32-33,56H2,1-11H3. The molecule has 0 spiro atoms. The highest BCUT2D eigenvalue weighted by Crippen LogP contribution is 2.53. The van der Waals surface area contributed by atoms with E-state index in [1.165, 1.54) is 214 Å². The van der Waals surface area contributed by atoms with E-state index >= 15 is 8.63 Å². The second-order valence-corrected chi connectivity index (χ2v) is 30.2. The lowest BCUT2D eigenvalue weighted by Gasteiger charge is -2.34. The van der Waals surface area contributed by atoms with E-state index in [-0.39, 0.29) is 16.2 Å². The summed E-state index contributed by atoms with van der Waals surface area (Å²) >= 11 is 0. The Hall–Kier alpha value is -6.79. The van der Waals surface area contributed by atoms with Crippen LogP contribution in [0.2, 0.25) is 0 Å². The third-order valence-electron chi connectivity index (χ3n) is 20.7. The minimum absolute atomic E-state index is 0.0329. The van der Waals surface area contributed by atoms with E-state index < -0.39 is 6.97 Å². The molecule has 6 heteroatoms. The Morgan fingerprint density at radius 3 is 1.29 bits per heavy atom. The van der Waals surface area contributed by atoms with Crippen molar-refractivity contribution >= 4 is 72.4 Å². The normalized spacial score (nSPS) is 15.0. The van der Waals surface area contributed by atoms with Gasteiger partial charge in [0.15, 0.2) is 11.4 Å². The summed E-state index contributed by atoms with van der Waals surface area (Å²) in [6.07, 6.45) is 30.1. The fourth-order valence-corrected chi connectivity index (χ4v) is 15.5. The molecule has 10 aromatic rings. The van der Waals surface area contributed by atoms with Gasteiger partial charge in [-0.3, -0.25) is 0 Å². The third-order valence-corrected chi connectivity index (χ3v) is 20.7. The van der Waals surface area contributed by atoms with E-state index in [0.717, 1.165) is 34.2 Å². The predicted molar refractivity (Wildman–Crippen MR) is 382 cm³/mol. The monoisotopic (exact) mass is 1190 g/mol. The average molecular weight is 1190 g/mol. The molecule has 0 fully saturated rings. The van der Waals surface area contributed by atoms with Crippen molar-refractivity contribution in [2.24, 2.45) is 5.92 Å². The number of benzene rings is 8. The number of hydrogen-bond donors (Lipinski definition) is 0. The Morgan fingerprint density at radius 1 is 0.416 bits per heavy atom. The van der Waals surface area contributed by atoms with Crippen molar-refractivity contribution in [1.29, 1.82) is 0 Å². The summed E-state index contributed by atoms with van der Waals surface area (Å²) < 4.78 is 43.2. The van der Waals surface area contributed by atoms with E-state index in [1.54, 1.807) is 0 Å². The molecule has 0 N–H and O–H groups in total. The molecule has 1 unspecified atom stereocenters. The molecular weight excluding hydrogens is 1090 g/mol. The molecule has 1 atom stereocenters. The summed E-state index contributed by atoms with van der Waals surface area (Å²) in [5.41, 5.74) is 14.1. The van der Waals surface area contributed by atoms with Gasteiger partial charge in [0, 0.05) is 62.8 Å². The van der Waals surface area contributed by atoms with Crippen molar-refractivity contribution in [3.8, 4) is 22.4 Å². The maximum atomic E-state index is 18.8. The van der Waals surface area contributed by atoms with Gasteiger partial charge in [0.2, 0.25) is 0 Å². The maximum Gasteiger partial charge on any atom is 0.737 e. The number of hydrogen-bond acceptors (Lipinski definition) is 0. The fourth-order valence-electron chi connectivity index (χ4n) is 15.5. The molecule has 4 heterocycles. The fraction of sp³-hybridized carbons (Fsp3) is 0.434. The van der Waals surface area contributed by atoms with E-state index in [1.807, 2.05) is 24.3 Å². The summed E-state index contributed by atoms with van der Waals surface area (Å²) in [5.74, 6) is 0.483. The van der Waals surface area contributed by atoms with Crippen molar-refractivity contribution in [2.45, 2.75) is 227 Å². The van der Waals surface area contributed by atoms with Gasteiger partial charge in [-0.2, -0.15) is 0 Å². The van der Waals surface area contributed by atoms with Gasteiger partial charge in [0.05, 0.1) is 16.6 Å². The topological polar surface area (TPSA) is 12.9 Å². The number of halogens is 2. The van der Waals surface area contributed by atoms with Gasteiger partial charge in [-0.15, -0.1) is 0 Å². The molecule has 0 radical (unpaired) electrons. The van der Waals surface area contributed by atoms with E-state index in [9.17, 15) is 0 Å². The highest BCUT2D eigenvalue weighted by Gasteiger charge is 2.55. The predicted octanol–water partition coefficient (Wildman–Crippen LogP) is 24.7. The number of aromatic nitrogens is 2. The van der Waals surface area contributed by atoms with Gasteiger partial charge in [-0.1, -0.05) is 289 Å². The third kappa shape index (κ3) is 12.1. The minimum Gasteiger partial charge on any atom is -0.389 e. The zero-order chi connectivity index (χ0) is 62.4. The maximum absolute atomic E-state index is 18.8. The van der Waals surface area contributed by atoms with E-state index in [0.29, 0.717) is 28.7 Å². The van der Waals surface area contributed by atoms with Crippen LogP contribution in [0.25, 0.3) is 82.1 Å². The van der Waals surface area contributed by atoms with E-state index in [4.69, 9.17) is 0 Å². The van der Waals surface area contributed by atoms with Gasteiger partial charge in [-0.25, -0.2) is 0 Å². The molecule has 464 valence electrons. The zero-order valence-electron chi connectivity index (χ0n) is 56.0. The van der Waals surface area contributed by atoms with Crippen LogP contribution >= 0.6 is 0 Å². The lowest BCUT2D eigenvalue weighted by atomic mass is 9.81. The second kappa shape index (κ2) is 25.5. The molecule has 2 aliphatic heterocycles. The summed E-state index contributed by atoms with van der Waals surface area (Å²) in [4.78, 5) is 0. The number of nitrogens with zero attached hydrogens (tertiary/aromatic N) is 3. The first-order valence-corrected chi connectivity index (χ1v) is 34.9. The molecule has 2 aromatic heterocycles. The summed E-state index contributed by atoms with van der Waals surface area (Å²) in [6.45, 7) is 21.2. The van der Waals surface area contributed by atoms with Gasteiger partial charge in [-0.05, 0) is 126 Å². The number of unbranched alkanes of at least 4 members (excludes halogenated alkanes) is 16. The van der Waals surface area contributed by atoms with Crippen LogP contribution in [0.5, 0.6) is 0 Å². The molecule has 3 nitrogen and oxygen atoms in total. The van der Waals surface area contributed by atoms with Crippen LogP contribution in [-0.2, 0) is 22.8 Å². The van der Waals surface area contributed by atoms with Gasteiger partial charge >= 0.3 is 6.97 Å². The van der Waals surface area contributed by atoms with Crippen LogP contribution < -0.4 is 0 Å². The van der Waals surface area contributed by atoms with Crippen molar-refractivity contribution in [1.82, 2.24) is 9.05 Å². The number of fused-ring (bicyclic) bond motifs is 3. The zero-order valence-corrected chi connectivity index (χ0v) is 56.0.